The summed E-state index contributed by atoms with van der Waals surface area (Å²) >= 11 is 0. The van der Waals surface area contributed by atoms with Crippen molar-refractivity contribution in [2.45, 2.75) is 19.0 Å². The van der Waals surface area contributed by atoms with Crippen LogP contribution in [-0.4, -0.2) is 30.6 Å². The fourth-order valence-electron chi connectivity index (χ4n) is 1.63. The van der Waals surface area contributed by atoms with Gasteiger partial charge in [-0.2, -0.15) is 13.2 Å². The number of hydrogen-bond donors (Lipinski definition) is 2. The number of amides is 1. The van der Waals surface area contributed by atoms with Gasteiger partial charge in [0, 0.05) is 31.6 Å². The lowest BCUT2D eigenvalue weighted by Gasteiger charge is -2.09. The first-order chi connectivity index (χ1) is 9.74. The van der Waals surface area contributed by atoms with E-state index in [1.807, 2.05) is 0 Å². The molecule has 1 rings (SSSR count). The van der Waals surface area contributed by atoms with Crippen LogP contribution in [0.25, 0.3) is 0 Å². The Bertz CT molecular complexity index is 532. The molecule has 0 atom stereocenters. The standard InChI is InChI=1S/C12H14F3N3O3/c1-16-11(19)8-3-4-9(10(7-8)18(20)21)17-6-2-5-12(13,14)15/h3-4,7,17H,2,5-6H2,1H3,(H,16,19). The molecule has 21 heavy (non-hydrogen) atoms. The molecule has 0 saturated carbocycles. The molecular weight excluding hydrogens is 291 g/mol. The second-order valence-electron chi connectivity index (χ2n) is 4.21. The molecule has 6 nitrogen and oxygen atoms in total. The first-order valence-electron chi connectivity index (χ1n) is 6.05. The van der Waals surface area contributed by atoms with Gasteiger partial charge < -0.3 is 10.6 Å². The molecule has 1 aromatic carbocycles. The molecule has 0 aromatic heterocycles. The van der Waals surface area contributed by atoms with Crippen molar-refractivity contribution in [2.24, 2.45) is 0 Å². The smallest absolute Gasteiger partial charge is 0.379 e. The van der Waals surface area contributed by atoms with Crippen molar-refractivity contribution in [3.05, 3.63) is 33.9 Å². The molecule has 0 fully saturated rings. The summed E-state index contributed by atoms with van der Waals surface area (Å²) in [5.74, 6) is -0.485. The Morgan fingerprint density at radius 2 is 2.05 bits per heavy atom. The summed E-state index contributed by atoms with van der Waals surface area (Å²) in [6, 6.07) is 3.74. The highest BCUT2D eigenvalue weighted by molar-refractivity contribution is 5.95. The Balaban J connectivity index is 2.78. The molecular formula is C12H14F3N3O3. The van der Waals surface area contributed by atoms with Crippen LogP contribution >= 0.6 is 0 Å². The first-order valence-corrected chi connectivity index (χ1v) is 6.05. The number of anilines is 1. The zero-order valence-corrected chi connectivity index (χ0v) is 11.2. The lowest BCUT2D eigenvalue weighted by molar-refractivity contribution is -0.384. The van der Waals surface area contributed by atoms with E-state index in [1.54, 1.807) is 0 Å². The Kier molecular flexibility index (Phi) is 5.51. The van der Waals surface area contributed by atoms with E-state index in [2.05, 4.69) is 10.6 Å². The number of rotatable bonds is 6. The van der Waals surface area contributed by atoms with Crippen molar-refractivity contribution < 1.29 is 22.9 Å². The first kappa shape index (κ1) is 16.7. The Morgan fingerprint density at radius 3 is 2.57 bits per heavy atom. The summed E-state index contributed by atoms with van der Waals surface area (Å²) in [5.41, 5.74) is -0.178. The van der Waals surface area contributed by atoms with Crippen molar-refractivity contribution in [1.82, 2.24) is 5.32 Å². The van der Waals surface area contributed by atoms with Crippen LogP contribution in [0.1, 0.15) is 23.2 Å². The van der Waals surface area contributed by atoms with Crippen molar-refractivity contribution in [2.75, 3.05) is 18.9 Å². The third-order valence-electron chi connectivity index (χ3n) is 2.64. The number of nitro benzene ring substituents is 1. The number of nitrogens with one attached hydrogen (secondary N) is 2. The van der Waals surface area contributed by atoms with Crippen LogP contribution in [-0.2, 0) is 0 Å². The zero-order chi connectivity index (χ0) is 16.0. The van der Waals surface area contributed by atoms with Crippen molar-refractivity contribution in [3.63, 3.8) is 0 Å². The van der Waals surface area contributed by atoms with Crippen LogP contribution in [0.2, 0.25) is 0 Å². The lowest BCUT2D eigenvalue weighted by Crippen LogP contribution is -2.18. The normalized spacial score (nSPS) is 11.0. The molecule has 0 aliphatic rings. The third-order valence-corrected chi connectivity index (χ3v) is 2.64. The zero-order valence-electron chi connectivity index (χ0n) is 11.2. The van der Waals surface area contributed by atoms with Crippen LogP contribution in [0, 0.1) is 10.1 Å². The van der Waals surface area contributed by atoms with E-state index in [1.165, 1.54) is 19.2 Å². The summed E-state index contributed by atoms with van der Waals surface area (Å²) in [7, 11) is 1.39. The average molecular weight is 305 g/mol. The lowest BCUT2D eigenvalue weighted by atomic mass is 10.1. The summed E-state index contributed by atoms with van der Waals surface area (Å²) in [5, 5.41) is 15.8. The van der Waals surface area contributed by atoms with E-state index in [-0.39, 0.29) is 29.9 Å². The fourth-order valence-corrected chi connectivity index (χ4v) is 1.63. The van der Waals surface area contributed by atoms with Gasteiger partial charge in [-0.05, 0) is 18.6 Å². The minimum Gasteiger partial charge on any atom is -0.379 e. The van der Waals surface area contributed by atoms with Crippen molar-refractivity contribution >= 4 is 17.3 Å². The van der Waals surface area contributed by atoms with Crippen LogP contribution in [0.5, 0.6) is 0 Å². The SMILES string of the molecule is CNC(=O)c1ccc(NCCCC(F)(F)F)c([N+](=O)[O-])c1. The van der Waals surface area contributed by atoms with Gasteiger partial charge in [0.1, 0.15) is 5.69 Å². The summed E-state index contributed by atoms with van der Waals surface area (Å²) in [4.78, 5) is 21.6. The van der Waals surface area contributed by atoms with Crippen molar-refractivity contribution in [3.8, 4) is 0 Å². The number of carbonyl (C=O) groups excluding carboxylic acids is 1. The highest BCUT2D eigenvalue weighted by Crippen LogP contribution is 2.26. The van der Waals surface area contributed by atoms with Crippen molar-refractivity contribution in [1.29, 1.82) is 0 Å². The Labute approximate surface area is 118 Å². The van der Waals surface area contributed by atoms with Gasteiger partial charge in [0.15, 0.2) is 0 Å². The molecule has 1 aromatic rings. The molecule has 2 N–H and O–H groups in total. The second-order valence-corrected chi connectivity index (χ2v) is 4.21. The molecule has 0 aliphatic carbocycles. The number of alkyl halides is 3. The van der Waals surface area contributed by atoms with E-state index in [4.69, 9.17) is 0 Å². The van der Waals surface area contributed by atoms with Gasteiger partial charge >= 0.3 is 6.18 Å². The third kappa shape index (κ3) is 5.28. The highest BCUT2D eigenvalue weighted by Gasteiger charge is 2.26. The topological polar surface area (TPSA) is 84.3 Å². The minimum absolute atomic E-state index is 0.0559. The van der Waals surface area contributed by atoms with Gasteiger partial charge in [-0.1, -0.05) is 0 Å². The van der Waals surface area contributed by atoms with E-state index in [0.29, 0.717) is 0 Å². The molecule has 9 heteroatoms. The maximum Gasteiger partial charge on any atom is 0.389 e. The summed E-state index contributed by atoms with van der Waals surface area (Å²) in [6.07, 6.45) is -5.42. The molecule has 0 aliphatic heterocycles. The number of nitrogens with zero attached hydrogens (tertiary/aromatic N) is 1. The number of nitro groups is 1. The molecule has 0 saturated heterocycles. The van der Waals surface area contributed by atoms with E-state index in [0.717, 1.165) is 6.07 Å². The van der Waals surface area contributed by atoms with Crippen LogP contribution in [0.15, 0.2) is 18.2 Å². The van der Waals surface area contributed by atoms with E-state index in [9.17, 15) is 28.1 Å². The molecule has 0 bridgehead atoms. The van der Waals surface area contributed by atoms with Crippen LogP contribution in [0.3, 0.4) is 0 Å². The van der Waals surface area contributed by atoms with Gasteiger partial charge in [0.2, 0.25) is 0 Å². The maximum absolute atomic E-state index is 12.0. The molecule has 1 amide bonds. The molecule has 0 spiro atoms. The predicted molar refractivity (Wildman–Crippen MR) is 70.3 cm³/mol. The maximum atomic E-state index is 12.0. The highest BCUT2D eigenvalue weighted by atomic mass is 19.4. The monoisotopic (exact) mass is 305 g/mol. The van der Waals surface area contributed by atoms with Gasteiger partial charge in [-0.15, -0.1) is 0 Å². The molecule has 0 radical (unpaired) electrons. The van der Waals surface area contributed by atoms with E-state index < -0.39 is 23.4 Å². The van der Waals surface area contributed by atoms with Gasteiger partial charge in [0.05, 0.1) is 4.92 Å². The Hall–Kier alpha value is -2.32. The largest absolute Gasteiger partial charge is 0.389 e. The van der Waals surface area contributed by atoms with E-state index >= 15 is 0 Å². The molecule has 116 valence electrons. The Morgan fingerprint density at radius 1 is 1.38 bits per heavy atom. The molecule has 0 heterocycles. The van der Waals surface area contributed by atoms with Gasteiger partial charge in [0.25, 0.3) is 11.6 Å². The van der Waals surface area contributed by atoms with Gasteiger partial charge in [-0.25, -0.2) is 0 Å². The summed E-state index contributed by atoms with van der Waals surface area (Å²) in [6.45, 7) is -0.0559. The van der Waals surface area contributed by atoms with Gasteiger partial charge in [-0.3, -0.25) is 14.9 Å². The predicted octanol–water partition coefficient (Wildman–Crippen LogP) is 2.71. The summed E-state index contributed by atoms with van der Waals surface area (Å²) < 4.78 is 36.0. The number of benzene rings is 1. The second kappa shape index (κ2) is 6.91. The molecule has 0 unspecified atom stereocenters. The van der Waals surface area contributed by atoms with Crippen LogP contribution in [0.4, 0.5) is 24.5 Å². The number of hydrogen-bond acceptors (Lipinski definition) is 4. The minimum atomic E-state index is -4.25. The average Bonchev–Trinajstić information content (AvgIpc) is 2.41. The number of halogens is 3. The van der Waals surface area contributed by atoms with Crippen LogP contribution < -0.4 is 10.6 Å². The quantitative estimate of drug-likeness (QED) is 0.481. The number of carbonyl (C=O) groups is 1. The fraction of sp³-hybridized carbons (Fsp3) is 0.417.